The van der Waals surface area contributed by atoms with E-state index in [1.54, 1.807) is 0 Å². The summed E-state index contributed by atoms with van der Waals surface area (Å²) in [5.74, 6) is 0. The molecule has 0 atom stereocenters. The second kappa shape index (κ2) is 3.21. The van der Waals surface area contributed by atoms with E-state index in [-0.39, 0.29) is 0 Å². The molecule has 0 aliphatic rings. The van der Waals surface area contributed by atoms with Gasteiger partial charge in [-0.1, -0.05) is 39.3 Å². The second-order valence-corrected chi connectivity index (χ2v) is 3.18. The molecule has 0 nitrogen and oxygen atoms in total. The van der Waals surface area contributed by atoms with Crippen molar-refractivity contribution in [1.82, 2.24) is 0 Å². The predicted molar refractivity (Wildman–Crippen MR) is 41.7 cm³/mol. The Morgan fingerprint density at radius 2 is 1.75 bits per heavy atom. The summed E-state index contributed by atoms with van der Waals surface area (Å²) in [7, 11) is 4.45. The molecule has 0 heterocycles. The van der Waals surface area contributed by atoms with Gasteiger partial charge in [0.1, 0.15) is 0 Å². The predicted octanol–water partition coefficient (Wildman–Crippen LogP) is 1.97. The lowest BCUT2D eigenvalue weighted by Crippen LogP contribution is -2.14. The Morgan fingerprint density at radius 3 is 1.88 bits per heavy atom. The number of hydrogen-bond donors (Lipinski definition) is 0. The molecule has 0 amide bonds. The van der Waals surface area contributed by atoms with Crippen LogP contribution in [0.5, 0.6) is 0 Å². The summed E-state index contributed by atoms with van der Waals surface area (Å²) in [6.45, 7) is 8.78. The fourth-order valence-electron chi connectivity index (χ4n) is 0.471. The lowest BCUT2D eigenvalue weighted by Gasteiger charge is -2.15. The summed E-state index contributed by atoms with van der Waals surface area (Å²) in [5.41, 5.74) is 0. The summed E-state index contributed by atoms with van der Waals surface area (Å²) in [5, 5.41) is 0.371. The molecule has 0 aliphatic heterocycles. The van der Waals surface area contributed by atoms with Crippen molar-refractivity contribution in [2.45, 2.75) is 39.3 Å². The van der Waals surface area contributed by atoms with Gasteiger partial charge in [-0.3, -0.25) is 0 Å². The van der Waals surface area contributed by atoms with E-state index in [0.29, 0.717) is 5.31 Å². The molecule has 0 N–H and O–H groups in total. The lowest BCUT2D eigenvalue weighted by molar-refractivity contribution is 0.762. The van der Waals surface area contributed by atoms with Crippen molar-refractivity contribution in [2.75, 3.05) is 0 Å². The zero-order valence-corrected chi connectivity index (χ0v) is 6.36. The molecule has 0 fully saturated rings. The van der Waals surface area contributed by atoms with Gasteiger partial charge in [-0.15, -0.1) is 0 Å². The molecule has 0 aliphatic carbocycles. The van der Waals surface area contributed by atoms with Crippen LogP contribution < -0.4 is 0 Å². The first-order valence-corrected chi connectivity index (χ1v) is 3.24. The highest BCUT2D eigenvalue weighted by Gasteiger charge is 2.09. The normalized spacial score (nSPS) is 11.0. The monoisotopic (exact) mass is 108 g/mol. The van der Waals surface area contributed by atoms with E-state index in [9.17, 15) is 0 Å². The maximum absolute atomic E-state index is 2.24. The van der Waals surface area contributed by atoms with Crippen molar-refractivity contribution in [3.05, 3.63) is 0 Å². The second-order valence-electron chi connectivity index (χ2n) is 3.18. The average molecular weight is 108 g/mol. The average Bonchev–Trinajstić information content (AvgIpc) is 1.59. The van der Waals surface area contributed by atoms with Crippen LogP contribution in [0.1, 0.15) is 27.7 Å². The Kier molecular flexibility index (Phi) is 3.27. The Labute approximate surface area is 54.5 Å². The van der Waals surface area contributed by atoms with Crippen LogP contribution in [0, 0.1) is 0 Å². The van der Waals surface area contributed by atoms with Gasteiger partial charge >= 0.3 is 0 Å². The summed E-state index contributed by atoms with van der Waals surface area (Å²) < 4.78 is 0. The van der Waals surface area contributed by atoms with Gasteiger partial charge < -0.3 is 0 Å². The van der Waals surface area contributed by atoms with Crippen LogP contribution in [0.2, 0.25) is 11.6 Å². The van der Waals surface area contributed by atoms with E-state index in [1.165, 1.54) is 0 Å². The number of rotatable bonds is 2. The molecule has 8 heavy (non-hydrogen) atoms. The van der Waals surface area contributed by atoms with E-state index in [2.05, 4.69) is 42.0 Å². The molecule has 0 saturated carbocycles. The fourth-order valence-corrected chi connectivity index (χ4v) is 0.471. The standard InChI is InChI=1S/C6H14B2/c1-5-7-8-6(2,3)4/h5H2,1-4H3. The van der Waals surface area contributed by atoms with Gasteiger partial charge in [-0.2, -0.15) is 0 Å². The van der Waals surface area contributed by atoms with Gasteiger partial charge in [0.25, 0.3) is 0 Å². The quantitative estimate of drug-likeness (QED) is 0.474. The highest BCUT2D eigenvalue weighted by Crippen LogP contribution is 2.18. The molecule has 2 heteroatoms. The summed E-state index contributed by atoms with van der Waals surface area (Å²) >= 11 is 0. The van der Waals surface area contributed by atoms with Crippen LogP contribution in [-0.4, -0.2) is 14.3 Å². The smallest absolute Gasteiger partial charge is 0.0727 e. The highest BCUT2D eigenvalue weighted by molar-refractivity contribution is 7.01. The number of hydrogen-bond acceptors (Lipinski definition) is 0. The largest absolute Gasteiger partial charge is 0.0914 e. The zero-order valence-electron chi connectivity index (χ0n) is 6.36. The van der Waals surface area contributed by atoms with Crippen LogP contribution >= 0.6 is 0 Å². The highest BCUT2D eigenvalue weighted by atomic mass is 13.9. The van der Waals surface area contributed by atoms with Gasteiger partial charge in [0.2, 0.25) is 0 Å². The van der Waals surface area contributed by atoms with Crippen LogP contribution in [0.3, 0.4) is 0 Å². The van der Waals surface area contributed by atoms with Crippen molar-refractivity contribution < 1.29 is 0 Å². The molecule has 44 valence electrons. The first-order chi connectivity index (χ1) is 3.56. The molecule has 0 aromatic carbocycles. The van der Waals surface area contributed by atoms with Crippen molar-refractivity contribution in [3.63, 3.8) is 0 Å². The van der Waals surface area contributed by atoms with Crippen molar-refractivity contribution in [2.24, 2.45) is 0 Å². The van der Waals surface area contributed by atoms with Crippen molar-refractivity contribution in [3.8, 4) is 0 Å². The van der Waals surface area contributed by atoms with E-state index in [1.807, 2.05) is 0 Å². The maximum Gasteiger partial charge on any atom is 0.0727 e. The van der Waals surface area contributed by atoms with Gasteiger partial charge in [-0.25, -0.2) is 0 Å². The fraction of sp³-hybridized carbons (Fsp3) is 1.00. The van der Waals surface area contributed by atoms with Gasteiger partial charge in [0, 0.05) is 0 Å². The summed E-state index contributed by atoms with van der Waals surface area (Å²) in [4.78, 5) is 0. The first kappa shape index (κ1) is 8.13. The molecule has 0 bridgehead atoms. The van der Waals surface area contributed by atoms with Gasteiger partial charge in [0.15, 0.2) is 0 Å². The van der Waals surface area contributed by atoms with Crippen LogP contribution in [-0.2, 0) is 0 Å². The Balaban J connectivity index is 3.11. The minimum atomic E-state index is 0.371. The molecule has 0 spiro atoms. The van der Waals surface area contributed by atoms with Gasteiger partial charge in [-0.05, 0) is 0 Å². The molecule has 0 saturated heterocycles. The Bertz CT molecular complexity index is 54.0. The van der Waals surface area contributed by atoms with E-state index in [0.717, 1.165) is 6.32 Å². The summed E-state index contributed by atoms with van der Waals surface area (Å²) in [6, 6.07) is 0. The van der Waals surface area contributed by atoms with Crippen LogP contribution in [0.4, 0.5) is 0 Å². The van der Waals surface area contributed by atoms with Crippen molar-refractivity contribution >= 4 is 14.3 Å². The topological polar surface area (TPSA) is 0 Å². The third-order valence-corrected chi connectivity index (χ3v) is 0.854. The molecule has 0 rings (SSSR count). The van der Waals surface area contributed by atoms with E-state index >= 15 is 0 Å². The minimum Gasteiger partial charge on any atom is -0.0914 e. The van der Waals surface area contributed by atoms with Crippen LogP contribution in [0.15, 0.2) is 0 Å². The molecule has 2 radical (unpaired) electrons. The minimum absolute atomic E-state index is 0.371. The van der Waals surface area contributed by atoms with E-state index in [4.69, 9.17) is 0 Å². The molecule has 0 aromatic heterocycles. The van der Waals surface area contributed by atoms with Crippen molar-refractivity contribution in [1.29, 1.82) is 0 Å². The molecule has 0 unspecified atom stereocenters. The Morgan fingerprint density at radius 1 is 1.25 bits per heavy atom. The van der Waals surface area contributed by atoms with E-state index < -0.39 is 0 Å². The molecule has 0 aromatic rings. The SMILES string of the molecule is CC[B][B]C(C)(C)C. The zero-order chi connectivity index (χ0) is 6.62. The lowest BCUT2D eigenvalue weighted by atomic mass is 9.29. The first-order valence-electron chi connectivity index (χ1n) is 3.24. The third-order valence-electron chi connectivity index (χ3n) is 0.854. The maximum atomic E-state index is 2.24. The third kappa shape index (κ3) is 6.13. The molecular weight excluding hydrogens is 93.7 g/mol. The molecular formula is C6H14B2. The van der Waals surface area contributed by atoms with Crippen LogP contribution in [0.25, 0.3) is 0 Å². The van der Waals surface area contributed by atoms with Gasteiger partial charge in [0.05, 0.1) is 14.3 Å². The summed E-state index contributed by atoms with van der Waals surface area (Å²) in [6.07, 6.45) is 1.15. The Hall–Kier alpha value is 0.130.